The highest BCUT2D eigenvalue weighted by Gasteiger charge is 2.21. The van der Waals surface area contributed by atoms with Crippen LogP contribution in [0, 0.1) is 6.92 Å². The number of nitrogens with zero attached hydrogens (tertiary/aromatic N) is 1. The predicted molar refractivity (Wildman–Crippen MR) is 68.2 cm³/mol. The maximum atomic E-state index is 11.7. The van der Waals surface area contributed by atoms with Gasteiger partial charge in [0, 0.05) is 0 Å². The Kier molecular flexibility index (Phi) is 3.63. The van der Waals surface area contributed by atoms with Gasteiger partial charge in [0.25, 0.3) is 0 Å². The lowest BCUT2D eigenvalue weighted by Crippen LogP contribution is -2.06. The summed E-state index contributed by atoms with van der Waals surface area (Å²) < 4.78 is 11.0. The fourth-order valence-corrected chi connectivity index (χ4v) is 2.54. The van der Waals surface area contributed by atoms with E-state index in [2.05, 4.69) is 20.9 Å². The van der Waals surface area contributed by atoms with Crippen molar-refractivity contribution in [2.45, 2.75) is 13.8 Å². The van der Waals surface area contributed by atoms with Gasteiger partial charge in [-0.1, -0.05) is 0 Å². The Balaban J connectivity index is 2.43. The molecule has 4 nitrogen and oxygen atoms in total. The van der Waals surface area contributed by atoms with E-state index in [1.165, 1.54) is 11.3 Å². The first kappa shape index (κ1) is 12.3. The zero-order chi connectivity index (χ0) is 12.4. The van der Waals surface area contributed by atoms with Crippen LogP contribution in [0.3, 0.4) is 0 Å². The number of ether oxygens (including phenoxy) is 1. The van der Waals surface area contributed by atoms with E-state index in [1.54, 1.807) is 19.1 Å². The largest absolute Gasteiger partial charge is 0.461 e. The van der Waals surface area contributed by atoms with Crippen LogP contribution in [-0.4, -0.2) is 17.6 Å². The van der Waals surface area contributed by atoms with Crippen LogP contribution in [0.4, 0.5) is 0 Å². The lowest BCUT2D eigenvalue weighted by molar-refractivity contribution is 0.0521. The first-order valence-electron chi connectivity index (χ1n) is 5.02. The van der Waals surface area contributed by atoms with Crippen molar-refractivity contribution in [1.29, 1.82) is 0 Å². The molecule has 0 atom stereocenters. The molecule has 0 N–H and O–H groups in total. The van der Waals surface area contributed by atoms with Gasteiger partial charge >= 0.3 is 5.97 Å². The topological polar surface area (TPSA) is 52.3 Å². The van der Waals surface area contributed by atoms with Gasteiger partial charge in [-0.15, -0.1) is 11.3 Å². The molecule has 2 rings (SSSR count). The van der Waals surface area contributed by atoms with E-state index in [1.807, 2.05) is 6.92 Å². The van der Waals surface area contributed by atoms with Gasteiger partial charge in [-0.3, -0.25) is 0 Å². The first-order valence-corrected chi connectivity index (χ1v) is 6.63. The zero-order valence-electron chi connectivity index (χ0n) is 9.32. The van der Waals surface area contributed by atoms with E-state index >= 15 is 0 Å². The standard InChI is InChI=1S/C11H10BrNO3S/c1-3-15-11(14)9-10(17-6(2)13-9)7-4-5-8(12)16-7/h4-5H,3H2,1-2H3. The quantitative estimate of drug-likeness (QED) is 0.811. The van der Waals surface area contributed by atoms with Crippen molar-refractivity contribution in [1.82, 2.24) is 4.98 Å². The molecule has 90 valence electrons. The number of hydrogen-bond donors (Lipinski definition) is 0. The molecule has 0 unspecified atom stereocenters. The molecule has 0 bridgehead atoms. The first-order chi connectivity index (χ1) is 8.11. The number of aromatic nitrogens is 1. The lowest BCUT2D eigenvalue weighted by atomic mass is 10.3. The number of rotatable bonds is 3. The van der Waals surface area contributed by atoms with Crippen LogP contribution in [0.15, 0.2) is 21.2 Å². The summed E-state index contributed by atoms with van der Waals surface area (Å²) in [6, 6.07) is 3.57. The molecule has 0 aliphatic carbocycles. The number of furan rings is 1. The van der Waals surface area contributed by atoms with Crippen molar-refractivity contribution in [3.8, 4) is 10.6 Å². The highest BCUT2D eigenvalue weighted by atomic mass is 79.9. The Bertz CT molecular complexity index is 547. The maximum Gasteiger partial charge on any atom is 0.358 e. The monoisotopic (exact) mass is 315 g/mol. The molecular formula is C11H10BrNO3S. The van der Waals surface area contributed by atoms with E-state index < -0.39 is 5.97 Å². The lowest BCUT2D eigenvalue weighted by Gasteiger charge is -1.99. The van der Waals surface area contributed by atoms with E-state index in [0.29, 0.717) is 27.6 Å². The molecule has 17 heavy (non-hydrogen) atoms. The molecule has 0 amide bonds. The summed E-state index contributed by atoms with van der Waals surface area (Å²) in [6.07, 6.45) is 0. The van der Waals surface area contributed by atoms with Crippen molar-refractivity contribution in [3.63, 3.8) is 0 Å². The SMILES string of the molecule is CCOC(=O)c1nc(C)sc1-c1ccc(Br)o1. The summed E-state index contributed by atoms with van der Waals surface area (Å²) >= 11 is 4.64. The number of carbonyl (C=O) groups excluding carboxylic acids is 1. The third-order valence-electron chi connectivity index (χ3n) is 2.00. The average Bonchev–Trinajstić information content (AvgIpc) is 2.84. The minimum atomic E-state index is -0.417. The smallest absolute Gasteiger partial charge is 0.358 e. The summed E-state index contributed by atoms with van der Waals surface area (Å²) in [5.41, 5.74) is 0.316. The van der Waals surface area contributed by atoms with Crippen molar-refractivity contribution < 1.29 is 13.9 Å². The van der Waals surface area contributed by atoms with E-state index in [4.69, 9.17) is 9.15 Å². The molecule has 0 aromatic carbocycles. The molecule has 2 heterocycles. The second kappa shape index (κ2) is 5.01. The molecule has 0 saturated carbocycles. The summed E-state index contributed by atoms with van der Waals surface area (Å²) in [4.78, 5) is 16.6. The van der Waals surface area contributed by atoms with Crippen LogP contribution in [0.1, 0.15) is 22.4 Å². The van der Waals surface area contributed by atoms with Crippen molar-refractivity contribution in [3.05, 3.63) is 27.5 Å². The fraction of sp³-hybridized carbons (Fsp3) is 0.273. The van der Waals surface area contributed by atoms with E-state index in [9.17, 15) is 4.79 Å². The summed E-state index contributed by atoms with van der Waals surface area (Å²) in [5, 5.41) is 0.801. The maximum absolute atomic E-state index is 11.7. The highest BCUT2D eigenvalue weighted by molar-refractivity contribution is 9.10. The molecule has 0 saturated heterocycles. The summed E-state index contributed by atoms with van der Waals surface area (Å²) in [7, 11) is 0. The molecule has 0 fully saturated rings. The Morgan fingerprint density at radius 1 is 1.59 bits per heavy atom. The van der Waals surface area contributed by atoms with Crippen LogP contribution in [0.25, 0.3) is 10.6 Å². The second-order valence-electron chi connectivity index (χ2n) is 3.23. The minimum absolute atomic E-state index is 0.316. The van der Waals surface area contributed by atoms with Gasteiger partial charge in [0.15, 0.2) is 10.4 Å². The van der Waals surface area contributed by atoms with Crippen LogP contribution < -0.4 is 0 Å². The third-order valence-corrected chi connectivity index (χ3v) is 3.41. The van der Waals surface area contributed by atoms with Gasteiger partial charge in [-0.25, -0.2) is 9.78 Å². The second-order valence-corrected chi connectivity index (χ2v) is 5.22. The van der Waals surface area contributed by atoms with Crippen LogP contribution in [0.5, 0.6) is 0 Å². The van der Waals surface area contributed by atoms with Gasteiger partial charge in [0.1, 0.15) is 10.6 Å². The van der Waals surface area contributed by atoms with Crippen LogP contribution in [0.2, 0.25) is 0 Å². The highest BCUT2D eigenvalue weighted by Crippen LogP contribution is 2.33. The Labute approximate surface area is 111 Å². The molecule has 2 aromatic heterocycles. The molecular weight excluding hydrogens is 306 g/mol. The van der Waals surface area contributed by atoms with Gasteiger partial charge in [0.05, 0.1) is 11.6 Å². The molecule has 6 heteroatoms. The molecule has 0 aliphatic heterocycles. The normalized spacial score (nSPS) is 10.5. The van der Waals surface area contributed by atoms with Crippen molar-refractivity contribution in [2.75, 3.05) is 6.61 Å². The predicted octanol–water partition coefficient (Wildman–Crippen LogP) is 3.65. The average molecular weight is 316 g/mol. The molecule has 2 aromatic rings. The van der Waals surface area contributed by atoms with Gasteiger partial charge in [-0.2, -0.15) is 0 Å². The van der Waals surface area contributed by atoms with Crippen molar-refractivity contribution >= 4 is 33.2 Å². The van der Waals surface area contributed by atoms with E-state index in [0.717, 1.165) is 5.01 Å². The molecule has 0 spiro atoms. The number of thiazole rings is 1. The number of hydrogen-bond acceptors (Lipinski definition) is 5. The number of carbonyl (C=O) groups is 1. The van der Waals surface area contributed by atoms with Gasteiger partial charge in [0.2, 0.25) is 0 Å². The fourth-order valence-electron chi connectivity index (χ4n) is 1.37. The number of esters is 1. The van der Waals surface area contributed by atoms with Crippen molar-refractivity contribution in [2.24, 2.45) is 0 Å². The molecule has 0 radical (unpaired) electrons. The summed E-state index contributed by atoms with van der Waals surface area (Å²) in [6.45, 7) is 3.94. The third kappa shape index (κ3) is 2.58. The molecule has 0 aliphatic rings. The van der Waals surface area contributed by atoms with Gasteiger partial charge in [-0.05, 0) is 41.9 Å². The Morgan fingerprint density at radius 2 is 2.35 bits per heavy atom. The number of aryl methyl sites for hydroxylation is 1. The minimum Gasteiger partial charge on any atom is -0.461 e. The Morgan fingerprint density at radius 3 is 2.94 bits per heavy atom. The summed E-state index contributed by atoms with van der Waals surface area (Å²) in [5.74, 6) is 0.199. The van der Waals surface area contributed by atoms with Crippen LogP contribution >= 0.6 is 27.3 Å². The van der Waals surface area contributed by atoms with E-state index in [-0.39, 0.29) is 0 Å². The van der Waals surface area contributed by atoms with Gasteiger partial charge < -0.3 is 9.15 Å². The zero-order valence-corrected chi connectivity index (χ0v) is 11.7. The van der Waals surface area contributed by atoms with Crippen LogP contribution in [-0.2, 0) is 4.74 Å². The number of halogens is 1. The Hall–Kier alpha value is -1.14.